The predicted molar refractivity (Wildman–Crippen MR) is 33.3 cm³/mol. The second-order valence-corrected chi connectivity index (χ2v) is 2.66. The van der Waals surface area contributed by atoms with Gasteiger partial charge in [-0.25, -0.2) is 4.90 Å². The fourth-order valence-electron chi connectivity index (χ4n) is 1.37. The normalized spacial score (nSPS) is 25.1. The predicted octanol–water partition coefficient (Wildman–Crippen LogP) is -1.80. The lowest BCUT2D eigenvalue weighted by atomic mass is 10.2. The Morgan fingerprint density at radius 3 is 1.36 bits per heavy atom. The second-order valence-electron chi connectivity index (χ2n) is 2.66. The molecule has 0 aromatic rings. The maximum atomic E-state index is 10.9. The second kappa shape index (κ2) is 1.88. The molecule has 0 N–H and O–H groups in total. The summed E-state index contributed by atoms with van der Waals surface area (Å²) < 4.78 is 0. The van der Waals surface area contributed by atoms with Crippen molar-refractivity contribution in [2.75, 3.05) is 19.6 Å². The molecule has 58 valence electrons. The molecule has 0 aromatic heterocycles. The van der Waals surface area contributed by atoms with Crippen LogP contribution in [0.15, 0.2) is 0 Å². The zero-order chi connectivity index (χ0) is 8.01. The Balaban J connectivity index is 2.37. The SMILES string of the molecule is O=C1CN2CC(=O)N1C(=O)C2. The van der Waals surface area contributed by atoms with E-state index in [2.05, 4.69) is 0 Å². The number of nitrogens with zero attached hydrogens (tertiary/aromatic N) is 2. The summed E-state index contributed by atoms with van der Waals surface area (Å²) in [4.78, 5) is 35.1. The monoisotopic (exact) mass is 154 g/mol. The summed E-state index contributed by atoms with van der Waals surface area (Å²) in [5.41, 5.74) is 0. The van der Waals surface area contributed by atoms with Crippen molar-refractivity contribution in [2.24, 2.45) is 0 Å². The van der Waals surface area contributed by atoms with Gasteiger partial charge >= 0.3 is 0 Å². The Kier molecular flexibility index (Phi) is 1.11. The van der Waals surface area contributed by atoms with Crippen molar-refractivity contribution < 1.29 is 14.4 Å². The van der Waals surface area contributed by atoms with Crippen molar-refractivity contribution in [1.29, 1.82) is 0 Å². The largest absolute Gasteiger partial charge is 0.276 e. The van der Waals surface area contributed by atoms with Gasteiger partial charge in [0.15, 0.2) is 0 Å². The maximum Gasteiger partial charge on any atom is 0.250 e. The lowest BCUT2D eigenvalue weighted by Crippen LogP contribution is -2.64. The highest BCUT2D eigenvalue weighted by Gasteiger charge is 2.41. The van der Waals surface area contributed by atoms with E-state index in [1.165, 1.54) is 0 Å². The number of imide groups is 3. The van der Waals surface area contributed by atoms with Gasteiger partial charge in [-0.2, -0.15) is 0 Å². The van der Waals surface area contributed by atoms with Crippen molar-refractivity contribution in [2.45, 2.75) is 0 Å². The van der Waals surface area contributed by atoms with Gasteiger partial charge in [-0.1, -0.05) is 0 Å². The number of hydrogen-bond acceptors (Lipinski definition) is 4. The third kappa shape index (κ3) is 0.775. The van der Waals surface area contributed by atoms with E-state index in [0.29, 0.717) is 0 Å². The summed E-state index contributed by atoms with van der Waals surface area (Å²) in [6.07, 6.45) is 0. The van der Waals surface area contributed by atoms with Crippen LogP contribution in [0.3, 0.4) is 0 Å². The average molecular weight is 154 g/mol. The Bertz CT molecular complexity index is 218. The van der Waals surface area contributed by atoms with Crippen molar-refractivity contribution >= 4 is 17.7 Å². The number of fused-ring (bicyclic) bond motifs is 3. The van der Waals surface area contributed by atoms with Gasteiger partial charge in [0.05, 0.1) is 19.6 Å². The molecule has 2 bridgehead atoms. The number of carbonyl (C=O) groups is 3. The van der Waals surface area contributed by atoms with Gasteiger partial charge in [0.1, 0.15) is 0 Å². The fourth-order valence-corrected chi connectivity index (χ4v) is 1.37. The number of amides is 3. The number of hydrogen-bond donors (Lipinski definition) is 0. The van der Waals surface area contributed by atoms with E-state index in [1.807, 2.05) is 0 Å². The smallest absolute Gasteiger partial charge is 0.250 e. The first kappa shape index (κ1) is 6.48. The number of piperazine rings is 3. The van der Waals surface area contributed by atoms with E-state index in [0.717, 1.165) is 4.90 Å². The minimum atomic E-state index is -0.391. The Morgan fingerprint density at radius 1 is 0.818 bits per heavy atom. The molecule has 3 fully saturated rings. The molecule has 0 unspecified atom stereocenters. The Hall–Kier alpha value is -1.23. The van der Waals surface area contributed by atoms with Crippen LogP contribution in [0.2, 0.25) is 0 Å². The minimum Gasteiger partial charge on any atom is -0.276 e. The fraction of sp³-hybridized carbons (Fsp3) is 0.500. The van der Waals surface area contributed by atoms with Gasteiger partial charge in [-0.3, -0.25) is 19.3 Å². The molecule has 0 saturated carbocycles. The summed E-state index contributed by atoms with van der Waals surface area (Å²) in [5, 5.41) is 0. The molecule has 3 aliphatic rings. The van der Waals surface area contributed by atoms with Crippen LogP contribution in [0, 0.1) is 0 Å². The van der Waals surface area contributed by atoms with Gasteiger partial charge in [-0.05, 0) is 0 Å². The maximum absolute atomic E-state index is 10.9. The molecule has 11 heavy (non-hydrogen) atoms. The first-order chi connectivity index (χ1) is 5.18. The molecule has 0 atom stereocenters. The zero-order valence-corrected chi connectivity index (χ0v) is 5.74. The molecule has 0 aromatic carbocycles. The van der Waals surface area contributed by atoms with Crippen LogP contribution in [0.5, 0.6) is 0 Å². The Morgan fingerprint density at radius 2 is 1.18 bits per heavy atom. The summed E-state index contributed by atoms with van der Waals surface area (Å²) in [5.74, 6) is -1.17. The Labute approximate surface area is 62.6 Å². The summed E-state index contributed by atoms with van der Waals surface area (Å²) >= 11 is 0. The van der Waals surface area contributed by atoms with Crippen molar-refractivity contribution in [3.8, 4) is 0 Å². The van der Waals surface area contributed by atoms with Gasteiger partial charge in [0, 0.05) is 0 Å². The van der Waals surface area contributed by atoms with Crippen LogP contribution in [-0.4, -0.2) is 47.2 Å². The van der Waals surface area contributed by atoms with E-state index in [9.17, 15) is 14.4 Å². The van der Waals surface area contributed by atoms with Crippen LogP contribution in [0.25, 0.3) is 0 Å². The summed E-state index contributed by atoms with van der Waals surface area (Å²) in [6.45, 7) is 0.617. The molecule has 0 aliphatic carbocycles. The minimum absolute atomic E-state index is 0.206. The lowest BCUT2D eigenvalue weighted by Gasteiger charge is -2.37. The molecule has 5 heteroatoms. The third-order valence-corrected chi connectivity index (χ3v) is 1.82. The highest BCUT2D eigenvalue weighted by molar-refractivity contribution is 6.16. The van der Waals surface area contributed by atoms with Gasteiger partial charge in [0.2, 0.25) is 17.7 Å². The lowest BCUT2D eigenvalue weighted by molar-refractivity contribution is -0.166. The van der Waals surface area contributed by atoms with Gasteiger partial charge in [-0.15, -0.1) is 0 Å². The van der Waals surface area contributed by atoms with Crippen LogP contribution in [-0.2, 0) is 14.4 Å². The number of carbonyl (C=O) groups excluding carboxylic acids is 3. The first-order valence-electron chi connectivity index (χ1n) is 3.29. The van der Waals surface area contributed by atoms with E-state index < -0.39 is 17.7 Å². The highest BCUT2D eigenvalue weighted by Crippen LogP contribution is 2.11. The van der Waals surface area contributed by atoms with E-state index >= 15 is 0 Å². The molecule has 5 nitrogen and oxygen atoms in total. The van der Waals surface area contributed by atoms with Crippen LogP contribution in [0.1, 0.15) is 0 Å². The molecule has 3 aliphatic heterocycles. The average Bonchev–Trinajstić information content (AvgIpc) is 1.82. The van der Waals surface area contributed by atoms with Crippen molar-refractivity contribution in [3.05, 3.63) is 0 Å². The zero-order valence-electron chi connectivity index (χ0n) is 5.74. The highest BCUT2D eigenvalue weighted by atomic mass is 16.2. The molecule has 3 rings (SSSR count). The molecule has 0 spiro atoms. The standard InChI is InChI=1S/C6H6N2O3/c9-4-1-7-2-5(10)8(4)6(11)3-7/h1-3H2. The molecular formula is C6H6N2O3. The van der Waals surface area contributed by atoms with Gasteiger partial charge in [0.25, 0.3) is 0 Å². The quantitative estimate of drug-likeness (QED) is 0.386. The first-order valence-corrected chi connectivity index (χ1v) is 3.29. The molecule has 3 saturated heterocycles. The van der Waals surface area contributed by atoms with E-state index in [-0.39, 0.29) is 19.6 Å². The van der Waals surface area contributed by atoms with Crippen LogP contribution in [0.4, 0.5) is 0 Å². The summed E-state index contributed by atoms with van der Waals surface area (Å²) in [7, 11) is 0. The van der Waals surface area contributed by atoms with Gasteiger partial charge < -0.3 is 0 Å². The molecular weight excluding hydrogens is 148 g/mol. The van der Waals surface area contributed by atoms with Crippen LogP contribution >= 0.6 is 0 Å². The molecule has 0 radical (unpaired) electrons. The van der Waals surface area contributed by atoms with Crippen molar-refractivity contribution in [1.82, 2.24) is 9.80 Å². The van der Waals surface area contributed by atoms with Crippen LogP contribution < -0.4 is 0 Å². The molecule has 3 amide bonds. The van der Waals surface area contributed by atoms with E-state index in [4.69, 9.17) is 0 Å². The van der Waals surface area contributed by atoms with E-state index in [1.54, 1.807) is 4.90 Å². The molecule has 3 heterocycles. The number of rotatable bonds is 0. The topological polar surface area (TPSA) is 57.7 Å². The third-order valence-electron chi connectivity index (χ3n) is 1.82. The summed E-state index contributed by atoms with van der Waals surface area (Å²) in [6, 6.07) is 0. The van der Waals surface area contributed by atoms with Crippen molar-refractivity contribution in [3.63, 3.8) is 0 Å².